The molecule has 1 aromatic heterocycles. The van der Waals surface area contributed by atoms with Crippen molar-refractivity contribution in [3.63, 3.8) is 0 Å². The molecule has 2 aromatic carbocycles. The number of rotatable bonds is 7. The fourth-order valence-electron chi connectivity index (χ4n) is 3.28. The Labute approximate surface area is 200 Å². The molecule has 0 bridgehead atoms. The monoisotopic (exact) mass is 501 g/mol. The van der Waals surface area contributed by atoms with Crippen LogP contribution in [0.25, 0.3) is 10.2 Å². The van der Waals surface area contributed by atoms with Gasteiger partial charge in [0, 0.05) is 43.6 Å². The maximum absolute atomic E-state index is 12.9. The Hall–Kier alpha value is -3.02. The van der Waals surface area contributed by atoms with E-state index in [0.717, 1.165) is 20.1 Å². The minimum absolute atomic E-state index is 0.0109. The number of hydrogen-bond acceptors (Lipinski definition) is 6. The van der Waals surface area contributed by atoms with E-state index in [0.29, 0.717) is 9.82 Å². The van der Waals surface area contributed by atoms with Crippen molar-refractivity contribution < 1.29 is 13.2 Å². The molecule has 1 heterocycles. The third-order valence-corrected chi connectivity index (χ3v) is 8.45. The highest BCUT2D eigenvalue weighted by molar-refractivity contribution is 7.89. The first-order valence-electron chi connectivity index (χ1n) is 9.88. The van der Waals surface area contributed by atoms with Gasteiger partial charge < -0.3 is 4.57 Å². The molecule has 8 nitrogen and oxygen atoms in total. The molecule has 0 N–H and O–H groups in total. The fraction of sp³-hybridized carbons (Fsp3) is 0.273. The van der Waals surface area contributed by atoms with E-state index in [1.165, 1.54) is 35.6 Å². The van der Waals surface area contributed by atoms with Crippen LogP contribution in [0.2, 0.25) is 5.02 Å². The van der Waals surface area contributed by atoms with Gasteiger partial charge in [0.2, 0.25) is 10.0 Å². The van der Waals surface area contributed by atoms with Crippen LogP contribution >= 0.6 is 22.9 Å². The first-order chi connectivity index (χ1) is 15.7. The number of nitrogens with zero attached hydrogens (tertiary/aromatic N) is 5. The number of carbonyl (C=O) groups excluding carboxylic acids is 1. The molecule has 0 unspecified atom stereocenters. The number of aromatic nitrogens is 1. The maximum Gasteiger partial charge on any atom is 0.279 e. The number of carbonyl (C=O) groups is 1. The molecule has 0 aliphatic carbocycles. The molecular formula is C22H20ClN5O3S2. The summed E-state index contributed by atoms with van der Waals surface area (Å²) in [5.74, 6) is -0.504. The third kappa shape index (κ3) is 5.15. The van der Waals surface area contributed by atoms with Gasteiger partial charge in [-0.05, 0) is 48.9 Å². The fourth-order valence-corrected chi connectivity index (χ4v) is 5.95. The molecule has 0 aliphatic rings. The van der Waals surface area contributed by atoms with Crippen molar-refractivity contribution in [3.8, 4) is 12.1 Å². The first-order valence-corrected chi connectivity index (χ1v) is 12.5. The Morgan fingerprint density at radius 1 is 1.12 bits per heavy atom. The van der Waals surface area contributed by atoms with Gasteiger partial charge in [-0.1, -0.05) is 22.9 Å². The Morgan fingerprint density at radius 2 is 1.73 bits per heavy atom. The zero-order valence-electron chi connectivity index (χ0n) is 17.9. The summed E-state index contributed by atoms with van der Waals surface area (Å²) in [6.45, 7) is 1.88. The molecule has 170 valence electrons. The first kappa shape index (κ1) is 24.6. The highest BCUT2D eigenvalue weighted by Gasteiger charge is 2.24. The van der Waals surface area contributed by atoms with E-state index in [4.69, 9.17) is 22.1 Å². The highest BCUT2D eigenvalue weighted by Crippen LogP contribution is 2.26. The van der Waals surface area contributed by atoms with Gasteiger partial charge in [0.25, 0.3) is 5.91 Å². The normalized spacial score (nSPS) is 12.1. The number of aryl methyl sites for hydroxylation is 2. The van der Waals surface area contributed by atoms with Crippen LogP contribution in [-0.2, 0) is 17.1 Å². The van der Waals surface area contributed by atoms with Gasteiger partial charge in [-0.15, -0.1) is 0 Å². The summed E-state index contributed by atoms with van der Waals surface area (Å²) in [6, 6.07) is 13.0. The Bertz CT molecular complexity index is 1440. The smallest absolute Gasteiger partial charge is 0.279 e. The Morgan fingerprint density at radius 3 is 2.30 bits per heavy atom. The van der Waals surface area contributed by atoms with Crippen LogP contribution in [0, 0.1) is 29.6 Å². The van der Waals surface area contributed by atoms with Crippen molar-refractivity contribution >= 4 is 49.1 Å². The van der Waals surface area contributed by atoms with Crippen LogP contribution in [-0.4, -0.2) is 36.3 Å². The predicted molar refractivity (Wildman–Crippen MR) is 126 cm³/mol. The molecule has 0 saturated carbocycles. The van der Waals surface area contributed by atoms with E-state index in [2.05, 4.69) is 4.99 Å². The van der Waals surface area contributed by atoms with Crippen molar-refractivity contribution in [1.82, 2.24) is 8.87 Å². The van der Waals surface area contributed by atoms with Crippen LogP contribution in [0.3, 0.4) is 0 Å². The van der Waals surface area contributed by atoms with E-state index in [-0.39, 0.29) is 36.4 Å². The van der Waals surface area contributed by atoms with Gasteiger partial charge in [0.15, 0.2) is 4.80 Å². The largest absolute Gasteiger partial charge is 0.319 e. The number of sulfonamides is 1. The molecule has 0 fully saturated rings. The summed E-state index contributed by atoms with van der Waals surface area (Å²) in [5, 5.41) is 18.2. The SMILES string of the molecule is Cc1c(Cl)ccc2sc(=NC(=O)c3ccc(S(=O)(=O)N(CCC#N)CCC#N)cc3)n(C)c12. The van der Waals surface area contributed by atoms with Crippen molar-refractivity contribution in [2.75, 3.05) is 13.1 Å². The number of amides is 1. The summed E-state index contributed by atoms with van der Waals surface area (Å²) in [6.07, 6.45) is 0.0218. The van der Waals surface area contributed by atoms with Gasteiger partial charge >= 0.3 is 0 Å². The maximum atomic E-state index is 12.9. The molecule has 3 rings (SSSR count). The lowest BCUT2D eigenvalue weighted by molar-refractivity contribution is 0.0998. The van der Waals surface area contributed by atoms with Gasteiger partial charge in [0.1, 0.15) is 0 Å². The molecule has 0 spiro atoms. The van der Waals surface area contributed by atoms with Crippen molar-refractivity contribution in [2.45, 2.75) is 24.7 Å². The topological polar surface area (TPSA) is 119 Å². The number of hydrogen-bond donors (Lipinski definition) is 0. The highest BCUT2D eigenvalue weighted by atomic mass is 35.5. The second-order valence-corrected chi connectivity index (χ2v) is 10.5. The number of halogens is 1. The quantitative estimate of drug-likeness (QED) is 0.488. The standard InChI is InChI=1S/C22H20ClN5O3S2/c1-15-18(23)9-10-19-20(15)27(2)22(32-19)26-21(29)16-5-7-17(8-6-16)33(30,31)28(13-3-11-24)14-4-12-25/h5-10H,3-4,13-14H2,1-2H3. The summed E-state index contributed by atoms with van der Waals surface area (Å²) >= 11 is 7.57. The summed E-state index contributed by atoms with van der Waals surface area (Å²) in [5.41, 5.74) is 2.03. The van der Waals surface area contributed by atoms with Crippen LogP contribution in [0.5, 0.6) is 0 Å². The second kappa shape index (κ2) is 10.3. The zero-order valence-corrected chi connectivity index (χ0v) is 20.3. The summed E-state index contributed by atoms with van der Waals surface area (Å²) in [4.78, 5) is 17.4. The van der Waals surface area contributed by atoms with Crippen LogP contribution in [0.4, 0.5) is 0 Å². The van der Waals surface area contributed by atoms with E-state index in [1.54, 1.807) is 17.7 Å². The van der Waals surface area contributed by atoms with Gasteiger partial charge in [-0.3, -0.25) is 4.79 Å². The van der Waals surface area contributed by atoms with Gasteiger partial charge in [0.05, 0.1) is 27.3 Å². The minimum Gasteiger partial charge on any atom is -0.319 e. The Balaban J connectivity index is 1.91. The Kier molecular flexibility index (Phi) is 7.67. The van der Waals surface area contributed by atoms with Crippen molar-refractivity contribution in [3.05, 3.63) is 57.3 Å². The van der Waals surface area contributed by atoms with Crippen molar-refractivity contribution in [2.24, 2.45) is 12.0 Å². The average molecular weight is 502 g/mol. The number of nitriles is 2. The molecule has 33 heavy (non-hydrogen) atoms. The lowest BCUT2D eigenvalue weighted by atomic mass is 10.2. The van der Waals surface area contributed by atoms with Crippen LogP contribution in [0.15, 0.2) is 46.3 Å². The van der Waals surface area contributed by atoms with Gasteiger partial charge in [-0.2, -0.15) is 19.8 Å². The lowest BCUT2D eigenvalue weighted by Gasteiger charge is -2.20. The minimum atomic E-state index is -3.91. The molecule has 1 amide bonds. The third-order valence-electron chi connectivity index (χ3n) is 5.03. The van der Waals surface area contributed by atoms with Crippen molar-refractivity contribution in [1.29, 1.82) is 10.5 Å². The lowest BCUT2D eigenvalue weighted by Crippen LogP contribution is -2.32. The van der Waals surface area contributed by atoms with Crippen LogP contribution in [0.1, 0.15) is 28.8 Å². The van der Waals surface area contributed by atoms with E-state index >= 15 is 0 Å². The van der Waals surface area contributed by atoms with E-state index in [9.17, 15) is 13.2 Å². The number of thiazole rings is 1. The van der Waals surface area contributed by atoms with Gasteiger partial charge in [-0.25, -0.2) is 8.42 Å². The summed E-state index contributed by atoms with van der Waals surface area (Å²) in [7, 11) is -2.10. The zero-order chi connectivity index (χ0) is 24.2. The molecular weight excluding hydrogens is 482 g/mol. The van der Waals surface area contributed by atoms with E-state index < -0.39 is 15.9 Å². The predicted octanol–water partition coefficient (Wildman–Crippen LogP) is 3.76. The molecule has 11 heteroatoms. The number of benzene rings is 2. The van der Waals surface area contributed by atoms with Crippen LogP contribution < -0.4 is 4.80 Å². The van der Waals surface area contributed by atoms with E-state index in [1.807, 2.05) is 25.1 Å². The molecule has 0 radical (unpaired) electrons. The summed E-state index contributed by atoms with van der Waals surface area (Å²) < 4.78 is 29.7. The number of fused-ring (bicyclic) bond motifs is 1. The molecule has 0 aliphatic heterocycles. The molecule has 3 aromatic rings. The molecule has 0 saturated heterocycles. The molecule has 0 atom stereocenters. The second-order valence-electron chi connectivity index (χ2n) is 7.12. The average Bonchev–Trinajstić information content (AvgIpc) is 3.12.